The normalized spacial score (nSPS) is 9.55. The molecule has 1 aromatic heterocycles. The van der Waals surface area contributed by atoms with Crippen molar-refractivity contribution in [3.8, 4) is 0 Å². The SMILES string of the molecule is CCCCN[n+]1ccccc1. The first-order valence-corrected chi connectivity index (χ1v) is 4.13. The van der Waals surface area contributed by atoms with Gasteiger partial charge in [-0.25, -0.2) is 0 Å². The summed E-state index contributed by atoms with van der Waals surface area (Å²) in [4.78, 5) is 0. The first-order chi connectivity index (χ1) is 5.43. The van der Waals surface area contributed by atoms with E-state index in [0.717, 1.165) is 6.54 Å². The van der Waals surface area contributed by atoms with Gasteiger partial charge in [0.2, 0.25) is 0 Å². The molecular formula is C9H15N2+. The van der Waals surface area contributed by atoms with Gasteiger partial charge >= 0.3 is 0 Å². The van der Waals surface area contributed by atoms with Crippen LogP contribution >= 0.6 is 0 Å². The third-order valence-corrected chi connectivity index (χ3v) is 1.54. The first kappa shape index (κ1) is 8.05. The number of unbranched alkanes of at least 4 members (excludes halogenated alkanes) is 1. The molecule has 0 amide bonds. The molecule has 0 fully saturated rings. The van der Waals surface area contributed by atoms with Crippen LogP contribution in [0.5, 0.6) is 0 Å². The van der Waals surface area contributed by atoms with Crippen molar-refractivity contribution < 1.29 is 4.68 Å². The summed E-state index contributed by atoms with van der Waals surface area (Å²) in [5, 5.41) is 0. The van der Waals surface area contributed by atoms with Crippen molar-refractivity contribution in [2.24, 2.45) is 0 Å². The lowest BCUT2D eigenvalue weighted by atomic mass is 10.3. The lowest BCUT2D eigenvalue weighted by Crippen LogP contribution is -2.44. The Balaban J connectivity index is 2.28. The molecule has 1 heterocycles. The molecule has 11 heavy (non-hydrogen) atoms. The van der Waals surface area contributed by atoms with E-state index in [4.69, 9.17) is 0 Å². The van der Waals surface area contributed by atoms with Crippen LogP contribution in [0.3, 0.4) is 0 Å². The van der Waals surface area contributed by atoms with Crippen molar-refractivity contribution >= 4 is 0 Å². The third-order valence-electron chi connectivity index (χ3n) is 1.54. The van der Waals surface area contributed by atoms with Crippen molar-refractivity contribution in [3.63, 3.8) is 0 Å². The molecule has 0 radical (unpaired) electrons. The Hall–Kier alpha value is -1.05. The zero-order valence-corrected chi connectivity index (χ0v) is 6.96. The Morgan fingerprint density at radius 2 is 1.91 bits per heavy atom. The molecule has 2 heteroatoms. The Labute approximate surface area is 67.8 Å². The van der Waals surface area contributed by atoms with Gasteiger partial charge in [0.25, 0.3) is 0 Å². The van der Waals surface area contributed by atoms with Gasteiger partial charge in [0.05, 0.1) is 6.54 Å². The van der Waals surface area contributed by atoms with Crippen molar-refractivity contribution in [3.05, 3.63) is 30.6 Å². The maximum atomic E-state index is 3.26. The Bertz CT molecular complexity index is 184. The van der Waals surface area contributed by atoms with Crippen LogP contribution in [0, 0.1) is 0 Å². The van der Waals surface area contributed by atoms with Crippen molar-refractivity contribution in [2.45, 2.75) is 19.8 Å². The summed E-state index contributed by atoms with van der Waals surface area (Å²) in [6, 6.07) is 6.04. The summed E-state index contributed by atoms with van der Waals surface area (Å²) < 4.78 is 1.98. The van der Waals surface area contributed by atoms with Gasteiger partial charge in [-0.3, -0.25) is 0 Å². The van der Waals surface area contributed by atoms with E-state index in [9.17, 15) is 0 Å². The second-order valence-electron chi connectivity index (χ2n) is 2.54. The lowest BCUT2D eigenvalue weighted by Gasteiger charge is -1.96. The molecule has 60 valence electrons. The predicted molar refractivity (Wildman–Crippen MR) is 45.8 cm³/mol. The molecule has 2 nitrogen and oxygen atoms in total. The summed E-state index contributed by atoms with van der Waals surface area (Å²) in [6.45, 7) is 3.24. The molecule has 0 aliphatic heterocycles. The fourth-order valence-electron chi connectivity index (χ4n) is 0.889. The van der Waals surface area contributed by atoms with E-state index in [2.05, 4.69) is 12.3 Å². The van der Waals surface area contributed by atoms with Crippen LogP contribution in [-0.4, -0.2) is 6.54 Å². The van der Waals surface area contributed by atoms with E-state index in [1.54, 1.807) is 0 Å². The first-order valence-electron chi connectivity index (χ1n) is 4.13. The Morgan fingerprint density at radius 1 is 1.18 bits per heavy atom. The van der Waals surface area contributed by atoms with Crippen LogP contribution in [0.4, 0.5) is 0 Å². The second-order valence-corrected chi connectivity index (χ2v) is 2.54. The largest absolute Gasteiger partial charge is 0.199 e. The molecule has 0 saturated heterocycles. The molecule has 0 aliphatic carbocycles. The molecule has 0 bridgehead atoms. The highest BCUT2D eigenvalue weighted by atomic mass is 15.4. The molecular weight excluding hydrogens is 136 g/mol. The second kappa shape index (κ2) is 4.72. The quantitative estimate of drug-likeness (QED) is 0.507. The summed E-state index contributed by atoms with van der Waals surface area (Å²) >= 11 is 0. The number of nitrogens with one attached hydrogen (secondary N) is 1. The predicted octanol–water partition coefficient (Wildman–Crippen LogP) is 1.32. The zero-order chi connectivity index (χ0) is 7.94. The summed E-state index contributed by atoms with van der Waals surface area (Å²) in [5.74, 6) is 0. The maximum Gasteiger partial charge on any atom is 0.199 e. The molecule has 1 N–H and O–H groups in total. The van der Waals surface area contributed by atoms with Gasteiger partial charge in [0.15, 0.2) is 12.4 Å². The standard InChI is InChI=1S/C9H15N2/c1-2-3-7-10-11-8-5-4-6-9-11/h4-6,8-10H,2-3,7H2,1H3/q+1. The van der Waals surface area contributed by atoms with Crippen molar-refractivity contribution in [1.29, 1.82) is 0 Å². The third kappa shape index (κ3) is 3.03. The van der Waals surface area contributed by atoms with Crippen LogP contribution in [0.25, 0.3) is 0 Å². The number of hydrogen-bond donors (Lipinski definition) is 1. The van der Waals surface area contributed by atoms with Crippen LogP contribution in [0.2, 0.25) is 0 Å². The highest BCUT2D eigenvalue weighted by molar-refractivity contribution is 4.84. The van der Waals surface area contributed by atoms with Crippen molar-refractivity contribution in [2.75, 3.05) is 12.0 Å². The van der Waals surface area contributed by atoms with Gasteiger partial charge in [-0.1, -0.05) is 24.1 Å². The highest BCUT2D eigenvalue weighted by Crippen LogP contribution is 1.81. The van der Waals surface area contributed by atoms with Crippen LogP contribution in [0.15, 0.2) is 30.6 Å². The molecule has 0 spiro atoms. The molecule has 0 saturated carbocycles. The van der Waals surface area contributed by atoms with E-state index >= 15 is 0 Å². The van der Waals surface area contributed by atoms with E-state index < -0.39 is 0 Å². The number of rotatable bonds is 4. The minimum absolute atomic E-state index is 1.05. The summed E-state index contributed by atoms with van der Waals surface area (Å²) in [7, 11) is 0. The maximum absolute atomic E-state index is 3.26. The summed E-state index contributed by atoms with van der Waals surface area (Å²) in [5.41, 5.74) is 3.26. The van der Waals surface area contributed by atoms with Gasteiger partial charge in [0, 0.05) is 12.1 Å². The van der Waals surface area contributed by atoms with Crippen molar-refractivity contribution in [1.82, 2.24) is 0 Å². The number of aromatic nitrogens is 1. The Kier molecular flexibility index (Phi) is 3.45. The van der Waals surface area contributed by atoms with Gasteiger partial charge < -0.3 is 0 Å². The van der Waals surface area contributed by atoms with E-state index in [-0.39, 0.29) is 0 Å². The zero-order valence-electron chi connectivity index (χ0n) is 6.96. The Morgan fingerprint density at radius 3 is 2.55 bits per heavy atom. The molecule has 0 atom stereocenters. The molecule has 0 aliphatic rings. The minimum atomic E-state index is 1.05. The van der Waals surface area contributed by atoms with E-state index in [1.165, 1.54) is 12.8 Å². The minimum Gasteiger partial charge on any atom is -0.193 e. The molecule has 1 rings (SSSR count). The highest BCUT2D eigenvalue weighted by Gasteiger charge is 1.92. The van der Waals surface area contributed by atoms with Gasteiger partial charge in [-0.2, -0.15) is 5.43 Å². The lowest BCUT2D eigenvalue weighted by molar-refractivity contribution is -0.650. The van der Waals surface area contributed by atoms with Crippen LogP contribution < -0.4 is 10.1 Å². The van der Waals surface area contributed by atoms with E-state index in [0.29, 0.717) is 0 Å². The number of pyridine rings is 1. The molecule has 1 aromatic rings. The number of nitrogens with zero attached hydrogens (tertiary/aromatic N) is 1. The van der Waals surface area contributed by atoms with E-state index in [1.807, 2.05) is 35.3 Å². The van der Waals surface area contributed by atoms with Gasteiger partial charge in [-0.05, 0) is 6.42 Å². The van der Waals surface area contributed by atoms with Crippen LogP contribution in [0.1, 0.15) is 19.8 Å². The molecule has 0 aromatic carbocycles. The fourth-order valence-corrected chi connectivity index (χ4v) is 0.889. The average Bonchev–Trinajstić information content (AvgIpc) is 2.07. The molecule has 0 unspecified atom stereocenters. The topological polar surface area (TPSA) is 15.9 Å². The number of hydrogen-bond acceptors (Lipinski definition) is 1. The van der Waals surface area contributed by atoms with Gasteiger partial charge in [0.1, 0.15) is 0 Å². The summed E-state index contributed by atoms with van der Waals surface area (Å²) in [6.07, 6.45) is 6.48. The monoisotopic (exact) mass is 151 g/mol. The fraction of sp³-hybridized carbons (Fsp3) is 0.444. The van der Waals surface area contributed by atoms with Crippen LogP contribution in [-0.2, 0) is 0 Å². The smallest absolute Gasteiger partial charge is 0.193 e. The average molecular weight is 151 g/mol. The van der Waals surface area contributed by atoms with Gasteiger partial charge in [-0.15, -0.1) is 0 Å².